The number of hydrogen-bond acceptors (Lipinski definition) is 5. The molecule has 0 radical (unpaired) electrons. The summed E-state index contributed by atoms with van der Waals surface area (Å²) in [5.41, 5.74) is 6.11. The lowest BCUT2D eigenvalue weighted by Gasteiger charge is -2.12. The minimum Gasteiger partial charge on any atom is -0.397 e. The molecule has 1 atom stereocenters. The van der Waals surface area contributed by atoms with Gasteiger partial charge in [0.05, 0.1) is 17.6 Å². The number of nitrogens with one attached hydrogen (secondary N) is 1. The van der Waals surface area contributed by atoms with E-state index in [9.17, 15) is 13.2 Å². The van der Waals surface area contributed by atoms with Crippen LogP contribution in [0.5, 0.6) is 0 Å². The van der Waals surface area contributed by atoms with E-state index in [4.69, 9.17) is 5.73 Å². The van der Waals surface area contributed by atoms with Crippen LogP contribution in [-0.2, 0) is 9.84 Å². The summed E-state index contributed by atoms with van der Waals surface area (Å²) in [5.74, 6) is -0.519. The van der Waals surface area contributed by atoms with E-state index in [1.54, 1.807) is 13.0 Å². The van der Waals surface area contributed by atoms with E-state index in [1.807, 2.05) is 0 Å². The van der Waals surface area contributed by atoms with Gasteiger partial charge in [-0.15, -0.1) is 0 Å². The van der Waals surface area contributed by atoms with E-state index in [2.05, 4.69) is 10.3 Å². The SMILES string of the molecule is CC(CS(C)(=O)=O)NC(=O)c1ccc(N)cn1. The Balaban J connectivity index is 2.63. The summed E-state index contributed by atoms with van der Waals surface area (Å²) in [7, 11) is -3.11. The molecule has 1 rings (SSSR count). The lowest BCUT2D eigenvalue weighted by molar-refractivity contribution is 0.0938. The number of rotatable bonds is 4. The Hall–Kier alpha value is -1.63. The quantitative estimate of drug-likeness (QED) is 0.779. The lowest BCUT2D eigenvalue weighted by Crippen LogP contribution is -2.37. The van der Waals surface area contributed by atoms with Gasteiger partial charge in [0.25, 0.3) is 5.91 Å². The molecule has 0 aromatic carbocycles. The van der Waals surface area contributed by atoms with Gasteiger partial charge in [0.15, 0.2) is 0 Å². The Labute approximate surface area is 100 Å². The highest BCUT2D eigenvalue weighted by Gasteiger charge is 2.14. The molecule has 0 bridgehead atoms. The zero-order valence-corrected chi connectivity index (χ0v) is 10.5. The van der Waals surface area contributed by atoms with E-state index in [0.29, 0.717) is 5.69 Å². The minimum atomic E-state index is -3.11. The molecule has 0 aliphatic carbocycles. The van der Waals surface area contributed by atoms with Gasteiger partial charge in [0.2, 0.25) is 0 Å². The van der Waals surface area contributed by atoms with Gasteiger partial charge < -0.3 is 11.1 Å². The smallest absolute Gasteiger partial charge is 0.270 e. The van der Waals surface area contributed by atoms with Crippen LogP contribution in [-0.4, -0.2) is 37.4 Å². The van der Waals surface area contributed by atoms with Crippen molar-refractivity contribution in [2.45, 2.75) is 13.0 Å². The highest BCUT2D eigenvalue weighted by Crippen LogP contribution is 2.01. The molecule has 94 valence electrons. The van der Waals surface area contributed by atoms with Crippen LogP contribution in [0.25, 0.3) is 0 Å². The summed E-state index contributed by atoms with van der Waals surface area (Å²) in [5, 5.41) is 2.55. The molecule has 0 aliphatic rings. The largest absolute Gasteiger partial charge is 0.397 e. The number of nitrogens with two attached hydrogens (primary N) is 1. The van der Waals surface area contributed by atoms with Crippen molar-refractivity contribution in [3.05, 3.63) is 24.0 Å². The standard InChI is InChI=1S/C10H15N3O3S/c1-7(6-17(2,15)16)13-10(14)9-4-3-8(11)5-12-9/h3-5,7H,6,11H2,1-2H3,(H,13,14). The van der Waals surface area contributed by atoms with Crippen LogP contribution in [0.15, 0.2) is 18.3 Å². The van der Waals surface area contributed by atoms with Gasteiger partial charge in [-0.2, -0.15) is 0 Å². The van der Waals surface area contributed by atoms with Gasteiger partial charge in [0.1, 0.15) is 15.5 Å². The monoisotopic (exact) mass is 257 g/mol. The third-order valence-corrected chi connectivity index (χ3v) is 3.05. The van der Waals surface area contributed by atoms with Crippen LogP contribution < -0.4 is 11.1 Å². The molecule has 17 heavy (non-hydrogen) atoms. The first-order valence-corrected chi connectivity index (χ1v) is 7.04. The van der Waals surface area contributed by atoms with Gasteiger partial charge in [0, 0.05) is 12.3 Å². The van der Waals surface area contributed by atoms with Gasteiger partial charge in [-0.25, -0.2) is 13.4 Å². The van der Waals surface area contributed by atoms with Crippen LogP contribution in [0.1, 0.15) is 17.4 Å². The molecule has 1 unspecified atom stereocenters. The minimum absolute atomic E-state index is 0.103. The number of hydrogen-bond donors (Lipinski definition) is 2. The van der Waals surface area contributed by atoms with Crippen LogP contribution in [0.2, 0.25) is 0 Å². The fourth-order valence-electron chi connectivity index (χ4n) is 1.33. The first kappa shape index (κ1) is 13.4. The average molecular weight is 257 g/mol. The average Bonchev–Trinajstić information content (AvgIpc) is 2.15. The molecule has 1 aromatic heterocycles. The lowest BCUT2D eigenvalue weighted by atomic mass is 10.3. The first-order valence-electron chi connectivity index (χ1n) is 4.98. The number of anilines is 1. The fraction of sp³-hybridized carbons (Fsp3) is 0.400. The van der Waals surface area contributed by atoms with Crippen molar-refractivity contribution in [3.8, 4) is 0 Å². The second-order valence-electron chi connectivity index (χ2n) is 3.94. The van der Waals surface area contributed by atoms with Gasteiger partial charge in [-0.1, -0.05) is 0 Å². The molecule has 1 amide bonds. The molecule has 0 aliphatic heterocycles. The van der Waals surface area contributed by atoms with Gasteiger partial charge >= 0.3 is 0 Å². The maximum atomic E-state index is 11.6. The summed E-state index contributed by atoms with van der Waals surface area (Å²) >= 11 is 0. The third-order valence-electron chi connectivity index (χ3n) is 1.95. The first-order chi connectivity index (χ1) is 7.78. The predicted molar refractivity (Wildman–Crippen MR) is 65.3 cm³/mol. The van der Waals surface area contributed by atoms with Gasteiger partial charge in [-0.05, 0) is 19.1 Å². The molecule has 0 saturated carbocycles. The molecule has 1 aromatic rings. The van der Waals surface area contributed by atoms with Crippen molar-refractivity contribution in [2.75, 3.05) is 17.7 Å². The van der Waals surface area contributed by atoms with Crippen molar-refractivity contribution in [1.82, 2.24) is 10.3 Å². The Morgan fingerprint density at radius 1 is 1.53 bits per heavy atom. The summed E-state index contributed by atoms with van der Waals surface area (Å²) in [6.07, 6.45) is 2.49. The Morgan fingerprint density at radius 3 is 2.65 bits per heavy atom. The van der Waals surface area contributed by atoms with E-state index in [1.165, 1.54) is 12.3 Å². The molecule has 0 saturated heterocycles. The third kappa shape index (κ3) is 4.81. The van der Waals surface area contributed by atoms with Crippen molar-refractivity contribution < 1.29 is 13.2 Å². The number of pyridine rings is 1. The molecular weight excluding hydrogens is 242 g/mol. The summed E-state index contributed by atoms with van der Waals surface area (Å²) < 4.78 is 22.0. The molecule has 6 nitrogen and oxygen atoms in total. The van der Waals surface area contributed by atoms with Crippen LogP contribution in [0.4, 0.5) is 5.69 Å². The number of carbonyl (C=O) groups excluding carboxylic acids is 1. The fourth-order valence-corrected chi connectivity index (χ4v) is 2.32. The molecular formula is C10H15N3O3S. The highest BCUT2D eigenvalue weighted by molar-refractivity contribution is 7.90. The molecule has 0 fully saturated rings. The number of nitrogen functional groups attached to an aromatic ring is 1. The summed E-state index contributed by atoms with van der Waals surface area (Å²) in [6.45, 7) is 1.62. The van der Waals surface area contributed by atoms with Crippen LogP contribution in [0, 0.1) is 0 Å². The van der Waals surface area contributed by atoms with Crippen LogP contribution in [0.3, 0.4) is 0 Å². The maximum absolute atomic E-state index is 11.6. The number of nitrogens with zero attached hydrogens (tertiary/aromatic N) is 1. The van der Waals surface area contributed by atoms with Crippen molar-refractivity contribution in [1.29, 1.82) is 0 Å². The van der Waals surface area contributed by atoms with Crippen molar-refractivity contribution in [3.63, 3.8) is 0 Å². The van der Waals surface area contributed by atoms with E-state index in [-0.39, 0.29) is 11.4 Å². The van der Waals surface area contributed by atoms with E-state index in [0.717, 1.165) is 6.26 Å². The molecule has 3 N–H and O–H groups in total. The molecule has 1 heterocycles. The number of sulfone groups is 1. The van der Waals surface area contributed by atoms with E-state index >= 15 is 0 Å². The highest BCUT2D eigenvalue weighted by atomic mass is 32.2. The van der Waals surface area contributed by atoms with Crippen LogP contribution >= 0.6 is 0 Å². The van der Waals surface area contributed by atoms with Crippen molar-refractivity contribution in [2.24, 2.45) is 0 Å². The number of amides is 1. The second-order valence-corrected chi connectivity index (χ2v) is 6.13. The number of carbonyl (C=O) groups is 1. The molecule has 0 spiro atoms. The zero-order chi connectivity index (χ0) is 13.1. The van der Waals surface area contributed by atoms with Crippen molar-refractivity contribution >= 4 is 21.4 Å². The summed E-state index contributed by atoms with van der Waals surface area (Å²) in [4.78, 5) is 15.5. The normalized spacial score (nSPS) is 13.1. The van der Waals surface area contributed by atoms with E-state index < -0.39 is 21.8 Å². The topological polar surface area (TPSA) is 102 Å². The summed E-state index contributed by atoms with van der Waals surface area (Å²) in [6, 6.07) is 2.58. The zero-order valence-electron chi connectivity index (χ0n) is 9.67. The maximum Gasteiger partial charge on any atom is 0.270 e. The predicted octanol–water partition coefficient (Wildman–Crippen LogP) is -0.173. The Kier molecular flexibility index (Phi) is 4.06. The Morgan fingerprint density at radius 2 is 2.18 bits per heavy atom. The molecule has 7 heteroatoms. The second kappa shape index (κ2) is 5.13. The number of aromatic nitrogens is 1. The Bertz CT molecular complexity index is 496. The van der Waals surface area contributed by atoms with Gasteiger partial charge in [-0.3, -0.25) is 4.79 Å².